The van der Waals surface area contributed by atoms with Gasteiger partial charge in [-0.25, -0.2) is 0 Å². The molecule has 0 saturated heterocycles. The van der Waals surface area contributed by atoms with Gasteiger partial charge in [0.2, 0.25) is 0 Å². The Labute approximate surface area is 112 Å². The zero-order valence-electron chi connectivity index (χ0n) is 12.4. The van der Waals surface area contributed by atoms with Crippen molar-refractivity contribution in [3.05, 3.63) is 0 Å². The Morgan fingerprint density at radius 1 is 1.17 bits per heavy atom. The summed E-state index contributed by atoms with van der Waals surface area (Å²) in [6.45, 7) is 11.9. The molecule has 0 N–H and O–H groups in total. The maximum absolute atomic E-state index is 11.0. The van der Waals surface area contributed by atoms with Crippen LogP contribution in [-0.4, -0.2) is 36.2 Å². The van der Waals surface area contributed by atoms with E-state index in [2.05, 4.69) is 33.9 Å². The monoisotopic (exact) mass is 294 g/mol. The Morgan fingerprint density at radius 3 is 2.00 bits per heavy atom. The maximum atomic E-state index is 11.0. The van der Waals surface area contributed by atoms with Crippen molar-refractivity contribution in [2.75, 3.05) is 19.5 Å². The molecule has 1 saturated carbocycles. The van der Waals surface area contributed by atoms with E-state index in [9.17, 15) is 8.42 Å². The molecule has 0 spiro atoms. The maximum Gasteiger partial charge on any atom is 0.264 e. The molecule has 1 aliphatic rings. The smallest absolute Gasteiger partial charge is 0.264 e. The molecule has 18 heavy (non-hydrogen) atoms. The quantitative estimate of drug-likeness (QED) is 0.558. The summed E-state index contributed by atoms with van der Waals surface area (Å²) in [4.78, 5) is 0. The molecule has 1 fully saturated rings. The molecule has 0 aromatic heterocycles. The van der Waals surface area contributed by atoms with Gasteiger partial charge in [0.1, 0.15) is 0 Å². The van der Waals surface area contributed by atoms with Gasteiger partial charge in [-0.05, 0) is 31.0 Å². The van der Waals surface area contributed by atoms with Crippen LogP contribution in [0.25, 0.3) is 0 Å². The second-order valence-corrected chi connectivity index (χ2v) is 13.5. The molecule has 6 heteroatoms. The summed E-state index contributed by atoms with van der Waals surface area (Å²) in [7, 11) is -5.10. The van der Waals surface area contributed by atoms with Crippen LogP contribution in [0, 0.1) is 5.41 Å². The molecule has 0 aromatic carbocycles. The minimum Gasteiger partial charge on any atom is -0.416 e. The Kier molecular flexibility index (Phi) is 4.38. The van der Waals surface area contributed by atoms with Crippen molar-refractivity contribution >= 4 is 18.4 Å². The standard InChI is InChI=1S/C12H26O4SSi/c1-11(2,3)18(5,6)16-10-12(7-8-12)9-15-17(4,13)14/h7-10H2,1-6H3. The summed E-state index contributed by atoms with van der Waals surface area (Å²) in [5, 5.41) is 0.181. The average molecular weight is 294 g/mol. The molecule has 0 heterocycles. The zero-order chi connectivity index (χ0) is 14.2. The second-order valence-electron chi connectivity index (χ2n) is 7.02. The van der Waals surface area contributed by atoms with Gasteiger partial charge in [-0.15, -0.1) is 0 Å². The SMILES string of the molecule is CC(C)(C)[Si](C)(C)OCC1(COS(C)(=O)=O)CC1. The van der Waals surface area contributed by atoms with E-state index < -0.39 is 18.4 Å². The van der Waals surface area contributed by atoms with Crippen molar-refractivity contribution in [3.8, 4) is 0 Å². The summed E-state index contributed by atoms with van der Waals surface area (Å²) in [5.74, 6) is 0. The van der Waals surface area contributed by atoms with Gasteiger partial charge in [0, 0.05) is 12.0 Å². The first-order valence-electron chi connectivity index (χ1n) is 6.35. The first kappa shape index (κ1) is 16.1. The van der Waals surface area contributed by atoms with Gasteiger partial charge >= 0.3 is 0 Å². The fourth-order valence-electron chi connectivity index (χ4n) is 1.29. The van der Waals surface area contributed by atoms with E-state index in [0.717, 1.165) is 19.1 Å². The van der Waals surface area contributed by atoms with Crippen LogP contribution in [0.3, 0.4) is 0 Å². The lowest BCUT2D eigenvalue weighted by atomic mass is 10.1. The molecule has 108 valence electrons. The number of hydrogen-bond donors (Lipinski definition) is 0. The van der Waals surface area contributed by atoms with Crippen LogP contribution in [0.5, 0.6) is 0 Å². The lowest BCUT2D eigenvalue weighted by Crippen LogP contribution is -2.42. The molecule has 0 amide bonds. The second kappa shape index (κ2) is 4.88. The van der Waals surface area contributed by atoms with Crippen LogP contribution < -0.4 is 0 Å². The molecular formula is C12H26O4SSi. The van der Waals surface area contributed by atoms with E-state index in [1.807, 2.05) is 0 Å². The van der Waals surface area contributed by atoms with Crippen LogP contribution in [-0.2, 0) is 18.7 Å². The fourth-order valence-corrected chi connectivity index (χ4v) is 2.85. The van der Waals surface area contributed by atoms with Gasteiger partial charge in [0.25, 0.3) is 10.1 Å². The highest BCUT2D eigenvalue weighted by atomic mass is 32.2. The summed E-state index contributed by atoms with van der Waals surface area (Å²) in [6, 6.07) is 0. The minimum absolute atomic E-state index is 0.0569. The normalized spacial score (nSPS) is 19.9. The van der Waals surface area contributed by atoms with Crippen molar-refractivity contribution in [2.24, 2.45) is 5.41 Å². The Balaban J connectivity index is 2.49. The van der Waals surface area contributed by atoms with E-state index in [0.29, 0.717) is 6.61 Å². The van der Waals surface area contributed by atoms with Crippen LogP contribution in [0.1, 0.15) is 33.6 Å². The van der Waals surface area contributed by atoms with Crippen molar-refractivity contribution in [1.82, 2.24) is 0 Å². The highest BCUT2D eigenvalue weighted by molar-refractivity contribution is 7.85. The van der Waals surface area contributed by atoms with Crippen LogP contribution in [0.4, 0.5) is 0 Å². The summed E-state index contributed by atoms with van der Waals surface area (Å²) < 4.78 is 33.1. The molecule has 0 radical (unpaired) electrons. The van der Waals surface area contributed by atoms with Crippen LogP contribution >= 0.6 is 0 Å². The van der Waals surface area contributed by atoms with Gasteiger partial charge in [0.05, 0.1) is 12.9 Å². The molecule has 0 unspecified atom stereocenters. The van der Waals surface area contributed by atoms with Crippen LogP contribution in [0.2, 0.25) is 18.1 Å². The molecule has 4 nitrogen and oxygen atoms in total. The predicted molar refractivity (Wildman–Crippen MR) is 75.6 cm³/mol. The lowest BCUT2D eigenvalue weighted by Gasteiger charge is -2.37. The Hall–Kier alpha value is 0.0869. The predicted octanol–water partition coefficient (Wildman–Crippen LogP) is 2.76. The third-order valence-corrected chi connectivity index (χ3v) is 9.11. The molecule has 0 bridgehead atoms. The molecule has 1 aliphatic carbocycles. The van der Waals surface area contributed by atoms with E-state index in [-0.39, 0.29) is 17.1 Å². The van der Waals surface area contributed by atoms with Crippen molar-refractivity contribution in [1.29, 1.82) is 0 Å². The highest BCUT2D eigenvalue weighted by Gasteiger charge is 2.47. The van der Waals surface area contributed by atoms with E-state index in [1.54, 1.807) is 0 Å². The lowest BCUT2D eigenvalue weighted by molar-refractivity contribution is 0.155. The van der Waals surface area contributed by atoms with Gasteiger partial charge in [-0.3, -0.25) is 4.18 Å². The Morgan fingerprint density at radius 2 is 1.67 bits per heavy atom. The molecule has 0 aliphatic heterocycles. The molecular weight excluding hydrogens is 268 g/mol. The van der Waals surface area contributed by atoms with Gasteiger partial charge in [-0.1, -0.05) is 20.8 Å². The minimum atomic E-state index is -3.34. The molecule has 1 rings (SSSR count). The van der Waals surface area contributed by atoms with E-state index in [4.69, 9.17) is 8.61 Å². The largest absolute Gasteiger partial charge is 0.416 e. The van der Waals surface area contributed by atoms with Gasteiger partial charge in [-0.2, -0.15) is 8.42 Å². The van der Waals surface area contributed by atoms with Crippen molar-refractivity contribution in [2.45, 2.75) is 51.7 Å². The third-order valence-electron chi connectivity index (χ3n) is 4.08. The number of rotatable bonds is 6. The van der Waals surface area contributed by atoms with Crippen molar-refractivity contribution in [3.63, 3.8) is 0 Å². The third kappa shape index (κ3) is 4.64. The number of hydrogen-bond acceptors (Lipinski definition) is 4. The summed E-state index contributed by atoms with van der Waals surface area (Å²) in [5.41, 5.74) is -0.0569. The van der Waals surface area contributed by atoms with Crippen molar-refractivity contribution < 1.29 is 17.0 Å². The molecule has 0 atom stereocenters. The molecule has 0 aromatic rings. The fraction of sp³-hybridized carbons (Fsp3) is 1.00. The first-order chi connectivity index (χ1) is 7.87. The topological polar surface area (TPSA) is 52.6 Å². The van der Waals surface area contributed by atoms with Gasteiger partial charge in [0.15, 0.2) is 8.32 Å². The van der Waals surface area contributed by atoms with Crippen LogP contribution in [0.15, 0.2) is 0 Å². The van der Waals surface area contributed by atoms with Gasteiger partial charge < -0.3 is 4.43 Å². The summed E-state index contributed by atoms with van der Waals surface area (Å²) >= 11 is 0. The van der Waals surface area contributed by atoms with E-state index >= 15 is 0 Å². The van der Waals surface area contributed by atoms with E-state index in [1.165, 1.54) is 0 Å². The average Bonchev–Trinajstić information content (AvgIpc) is 2.90. The summed E-state index contributed by atoms with van der Waals surface area (Å²) in [6.07, 6.45) is 3.09. The Bertz CT molecular complexity index is 391. The highest BCUT2D eigenvalue weighted by Crippen LogP contribution is 2.48. The first-order valence-corrected chi connectivity index (χ1v) is 11.1. The zero-order valence-corrected chi connectivity index (χ0v) is 14.2.